The van der Waals surface area contributed by atoms with Crippen molar-refractivity contribution in [3.05, 3.63) is 42.6 Å². The highest BCUT2D eigenvalue weighted by Gasteiger charge is 2.17. The summed E-state index contributed by atoms with van der Waals surface area (Å²) in [5.41, 5.74) is 7.11. The van der Waals surface area contributed by atoms with Crippen LogP contribution in [0.1, 0.15) is 0 Å². The minimum Gasteiger partial charge on any atom is -0.399 e. The summed E-state index contributed by atoms with van der Waals surface area (Å²) in [6.45, 7) is 0. The fourth-order valence-electron chi connectivity index (χ4n) is 1.53. The van der Waals surface area contributed by atoms with Gasteiger partial charge in [0.2, 0.25) is 10.0 Å². The molecule has 7 heteroatoms. The van der Waals surface area contributed by atoms with Crippen molar-refractivity contribution in [2.75, 3.05) is 25.1 Å². The first-order chi connectivity index (χ1) is 9.39. The van der Waals surface area contributed by atoms with Gasteiger partial charge in [-0.2, -0.15) is 0 Å². The van der Waals surface area contributed by atoms with E-state index in [1.54, 1.807) is 18.2 Å². The second kappa shape index (κ2) is 5.48. The van der Waals surface area contributed by atoms with E-state index in [9.17, 15) is 8.42 Å². The highest BCUT2D eigenvalue weighted by molar-refractivity contribution is 7.89. The van der Waals surface area contributed by atoms with E-state index in [2.05, 4.69) is 10.3 Å². The van der Waals surface area contributed by atoms with Gasteiger partial charge in [0.05, 0.1) is 0 Å². The zero-order valence-corrected chi connectivity index (χ0v) is 12.1. The molecule has 0 unspecified atom stereocenters. The van der Waals surface area contributed by atoms with E-state index in [1.165, 1.54) is 26.4 Å². The van der Waals surface area contributed by atoms with E-state index in [0.29, 0.717) is 11.5 Å². The first-order valence-corrected chi connectivity index (χ1v) is 7.35. The van der Waals surface area contributed by atoms with Crippen LogP contribution in [0.15, 0.2) is 47.5 Å². The highest BCUT2D eigenvalue weighted by atomic mass is 32.2. The van der Waals surface area contributed by atoms with Gasteiger partial charge in [-0.1, -0.05) is 0 Å². The molecule has 106 valence electrons. The third kappa shape index (κ3) is 3.06. The van der Waals surface area contributed by atoms with Crippen LogP contribution in [0, 0.1) is 0 Å². The molecular weight excluding hydrogens is 276 g/mol. The van der Waals surface area contributed by atoms with Gasteiger partial charge in [-0.25, -0.2) is 17.7 Å². The number of benzene rings is 1. The van der Waals surface area contributed by atoms with Gasteiger partial charge in [-0.3, -0.25) is 0 Å². The maximum atomic E-state index is 11.9. The number of hydrogen-bond acceptors (Lipinski definition) is 5. The summed E-state index contributed by atoms with van der Waals surface area (Å²) in [6.07, 6.45) is 1.33. The van der Waals surface area contributed by atoms with Gasteiger partial charge in [0.15, 0.2) is 0 Å². The van der Waals surface area contributed by atoms with E-state index in [0.717, 1.165) is 9.99 Å². The molecule has 0 fully saturated rings. The molecule has 2 aromatic rings. The molecule has 3 N–H and O–H groups in total. The van der Waals surface area contributed by atoms with Gasteiger partial charge < -0.3 is 11.1 Å². The Morgan fingerprint density at radius 1 is 1.10 bits per heavy atom. The molecule has 0 aliphatic heterocycles. The minimum atomic E-state index is -3.45. The van der Waals surface area contributed by atoms with Crippen molar-refractivity contribution >= 4 is 27.2 Å². The van der Waals surface area contributed by atoms with Crippen LogP contribution in [0.3, 0.4) is 0 Å². The van der Waals surface area contributed by atoms with Gasteiger partial charge >= 0.3 is 0 Å². The Balaban J connectivity index is 2.19. The van der Waals surface area contributed by atoms with Crippen molar-refractivity contribution < 1.29 is 8.42 Å². The van der Waals surface area contributed by atoms with Crippen molar-refractivity contribution in [2.45, 2.75) is 4.90 Å². The second-order valence-corrected chi connectivity index (χ2v) is 6.57. The topological polar surface area (TPSA) is 88.3 Å². The Morgan fingerprint density at radius 2 is 1.75 bits per heavy atom. The van der Waals surface area contributed by atoms with Crippen LogP contribution in [0.2, 0.25) is 0 Å². The third-order valence-electron chi connectivity index (χ3n) is 2.70. The number of hydrogen-bond donors (Lipinski definition) is 2. The number of sulfonamides is 1. The zero-order valence-electron chi connectivity index (χ0n) is 11.2. The number of nitrogen functional groups attached to an aromatic ring is 1. The Labute approximate surface area is 118 Å². The van der Waals surface area contributed by atoms with Crippen molar-refractivity contribution in [1.82, 2.24) is 9.29 Å². The summed E-state index contributed by atoms with van der Waals surface area (Å²) in [7, 11) is -0.482. The highest BCUT2D eigenvalue weighted by Crippen LogP contribution is 2.18. The first kappa shape index (κ1) is 14.3. The minimum absolute atomic E-state index is 0.158. The molecule has 0 saturated heterocycles. The Kier molecular flexibility index (Phi) is 3.91. The maximum absolute atomic E-state index is 11.9. The zero-order chi connectivity index (χ0) is 14.8. The number of rotatable bonds is 4. The summed E-state index contributed by atoms with van der Waals surface area (Å²) >= 11 is 0. The van der Waals surface area contributed by atoms with Gasteiger partial charge in [0, 0.05) is 31.7 Å². The Morgan fingerprint density at radius 3 is 2.25 bits per heavy atom. The van der Waals surface area contributed by atoms with Crippen molar-refractivity contribution in [3.8, 4) is 0 Å². The number of nitrogens with zero attached hydrogens (tertiary/aromatic N) is 2. The molecule has 0 aliphatic carbocycles. The van der Waals surface area contributed by atoms with Gasteiger partial charge in [0.25, 0.3) is 0 Å². The number of aromatic nitrogens is 1. The van der Waals surface area contributed by atoms with E-state index in [4.69, 9.17) is 5.73 Å². The predicted molar refractivity (Wildman–Crippen MR) is 79.2 cm³/mol. The summed E-state index contributed by atoms with van der Waals surface area (Å²) in [6, 6.07) is 10.3. The van der Waals surface area contributed by atoms with Crippen molar-refractivity contribution in [1.29, 1.82) is 0 Å². The molecule has 20 heavy (non-hydrogen) atoms. The summed E-state index contributed by atoms with van der Waals surface area (Å²) in [5, 5.41) is 3.06. The summed E-state index contributed by atoms with van der Waals surface area (Å²) in [5.74, 6) is 0.562. The molecule has 0 amide bonds. The molecule has 0 bridgehead atoms. The smallest absolute Gasteiger partial charge is 0.244 e. The molecule has 0 radical (unpaired) electrons. The van der Waals surface area contributed by atoms with Crippen LogP contribution >= 0.6 is 0 Å². The van der Waals surface area contributed by atoms with E-state index >= 15 is 0 Å². The van der Waals surface area contributed by atoms with E-state index < -0.39 is 10.0 Å². The molecule has 0 spiro atoms. The lowest BCUT2D eigenvalue weighted by atomic mass is 10.3. The standard InChI is InChI=1S/C13H16N4O2S/c1-17(2)20(18,19)12-7-8-13(15-9-12)16-11-5-3-10(14)4-6-11/h3-9H,14H2,1-2H3,(H,15,16). The van der Waals surface area contributed by atoms with Crippen molar-refractivity contribution in [2.24, 2.45) is 0 Å². The number of anilines is 3. The van der Waals surface area contributed by atoms with Crippen LogP contribution in [0.25, 0.3) is 0 Å². The molecular formula is C13H16N4O2S. The van der Waals surface area contributed by atoms with E-state index in [1.807, 2.05) is 12.1 Å². The first-order valence-electron chi connectivity index (χ1n) is 5.91. The van der Waals surface area contributed by atoms with E-state index in [-0.39, 0.29) is 4.90 Å². The lowest BCUT2D eigenvalue weighted by molar-refractivity contribution is 0.520. The number of nitrogens with two attached hydrogens (primary N) is 1. The summed E-state index contributed by atoms with van der Waals surface area (Å²) in [4.78, 5) is 4.25. The normalized spacial score (nSPS) is 11.6. The van der Waals surface area contributed by atoms with Crippen LogP contribution in [0.4, 0.5) is 17.2 Å². The van der Waals surface area contributed by atoms with Gasteiger partial charge in [0.1, 0.15) is 10.7 Å². The number of nitrogens with one attached hydrogen (secondary N) is 1. The molecule has 1 aromatic heterocycles. The fraction of sp³-hybridized carbons (Fsp3) is 0.154. The molecule has 0 atom stereocenters. The Bertz CT molecular complexity index is 679. The average molecular weight is 292 g/mol. The molecule has 1 aromatic carbocycles. The molecule has 6 nitrogen and oxygen atoms in total. The van der Waals surface area contributed by atoms with Crippen LogP contribution in [-0.2, 0) is 10.0 Å². The van der Waals surface area contributed by atoms with Crippen LogP contribution < -0.4 is 11.1 Å². The quantitative estimate of drug-likeness (QED) is 0.837. The molecule has 2 rings (SSSR count). The predicted octanol–water partition coefficient (Wildman–Crippen LogP) is 1.66. The average Bonchev–Trinajstić information content (AvgIpc) is 2.42. The molecule has 0 saturated carbocycles. The maximum Gasteiger partial charge on any atom is 0.244 e. The van der Waals surface area contributed by atoms with Crippen LogP contribution in [0.5, 0.6) is 0 Å². The second-order valence-electron chi connectivity index (χ2n) is 4.41. The monoisotopic (exact) mass is 292 g/mol. The largest absolute Gasteiger partial charge is 0.399 e. The van der Waals surface area contributed by atoms with Gasteiger partial charge in [-0.05, 0) is 36.4 Å². The SMILES string of the molecule is CN(C)S(=O)(=O)c1ccc(Nc2ccc(N)cc2)nc1. The molecule has 0 aliphatic rings. The fourth-order valence-corrected chi connectivity index (χ4v) is 2.38. The number of pyridine rings is 1. The van der Waals surface area contributed by atoms with Crippen LogP contribution in [-0.4, -0.2) is 31.8 Å². The lowest BCUT2D eigenvalue weighted by Crippen LogP contribution is -2.22. The third-order valence-corrected chi connectivity index (χ3v) is 4.50. The van der Waals surface area contributed by atoms with Gasteiger partial charge in [-0.15, -0.1) is 0 Å². The lowest BCUT2D eigenvalue weighted by Gasteiger charge is -2.11. The Hall–Kier alpha value is -2.12. The van der Waals surface area contributed by atoms with Crippen molar-refractivity contribution in [3.63, 3.8) is 0 Å². The molecule has 1 heterocycles. The summed E-state index contributed by atoms with van der Waals surface area (Å²) < 4.78 is 24.9.